The van der Waals surface area contributed by atoms with E-state index in [1.165, 1.54) is 0 Å². The number of carbonyl (C=O) groups is 2. The van der Waals surface area contributed by atoms with Crippen LogP contribution in [0.1, 0.15) is 26.2 Å². The van der Waals surface area contributed by atoms with Crippen molar-refractivity contribution in [2.24, 2.45) is 5.92 Å². The molecule has 1 aliphatic rings. The van der Waals surface area contributed by atoms with Crippen molar-refractivity contribution in [2.45, 2.75) is 26.2 Å². The number of hydrogen-bond donors (Lipinski definition) is 0. The largest absolute Gasteiger partial charge is 0.463 e. The van der Waals surface area contributed by atoms with E-state index in [0.29, 0.717) is 26.1 Å². The first-order valence-electron chi connectivity index (χ1n) is 5.02. The van der Waals surface area contributed by atoms with Crippen molar-refractivity contribution < 1.29 is 19.1 Å². The van der Waals surface area contributed by atoms with Gasteiger partial charge in [-0.1, -0.05) is 0 Å². The normalized spacial score (nSPS) is 21.2. The predicted octanol–water partition coefficient (Wildman–Crippen LogP) is 0.935. The van der Waals surface area contributed by atoms with E-state index in [9.17, 15) is 9.59 Å². The fraction of sp³-hybridized carbons (Fsp3) is 0.800. The molecule has 0 radical (unpaired) electrons. The smallest absolute Gasteiger partial charge is 0.316 e. The maximum absolute atomic E-state index is 11.3. The molecule has 1 fully saturated rings. The minimum absolute atomic E-state index is 0.0198. The lowest BCUT2D eigenvalue weighted by molar-refractivity contribution is -0.152. The van der Waals surface area contributed by atoms with E-state index < -0.39 is 5.92 Å². The molecule has 14 heavy (non-hydrogen) atoms. The van der Waals surface area contributed by atoms with E-state index in [4.69, 9.17) is 9.47 Å². The molecule has 0 amide bonds. The highest BCUT2D eigenvalue weighted by Crippen LogP contribution is 2.22. The van der Waals surface area contributed by atoms with E-state index >= 15 is 0 Å². The standard InChI is InChI=1S/C10H16O4/c1-2-13-6-7-14-10(12)8-4-3-5-9(8)11/h8H,2-7H2,1H3. The summed E-state index contributed by atoms with van der Waals surface area (Å²) in [5.41, 5.74) is 0. The molecule has 0 N–H and O–H groups in total. The molecule has 1 aliphatic carbocycles. The lowest BCUT2D eigenvalue weighted by Crippen LogP contribution is -2.22. The number of ketones is 1. The molecule has 0 aromatic carbocycles. The zero-order valence-corrected chi connectivity index (χ0v) is 8.45. The highest BCUT2D eigenvalue weighted by atomic mass is 16.6. The molecule has 1 atom stereocenters. The molecule has 80 valence electrons. The van der Waals surface area contributed by atoms with Crippen molar-refractivity contribution in [3.63, 3.8) is 0 Å². The third-order valence-electron chi connectivity index (χ3n) is 2.27. The number of rotatable bonds is 5. The summed E-state index contributed by atoms with van der Waals surface area (Å²) in [6.45, 7) is 3.14. The molecule has 0 bridgehead atoms. The van der Waals surface area contributed by atoms with Gasteiger partial charge in [0.1, 0.15) is 18.3 Å². The Hall–Kier alpha value is -0.900. The minimum Gasteiger partial charge on any atom is -0.463 e. The van der Waals surface area contributed by atoms with Gasteiger partial charge in [-0.3, -0.25) is 9.59 Å². The third-order valence-corrected chi connectivity index (χ3v) is 2.27. The Labute approximate surface area is 83.6 Å². The molecule has 1 saturated carbocycles. The van der Waals surface area contributed by atoms with Gasteiger partial charge in [0.15, 0.2) is 0 Å². The third kappa shape index (κ3) is 3.10. The van der Waals surface area contributed by atoms with Crippen LogP contribution >= 0.6 is 0 Å². The van der Waals surface area contributed by atoms with E-state index in [2.05, 4.69) is 0 Å². The Morgan fingerprint density at radius 2 is 2.29 bits per heavy atom. The molecule has 1 unspecified atom stereocenters. The molecule has 4 heteroatoms. The summed E-state index contributed by atoms with van der Waals surface area (Å²) < 4.78 is 9.92. The fourth-order valence-corrected chi connectivity index (χ4v) is 1.51. The first-order valence-corrected chi connectivity index (χ1v) is 5.02. The van der Waals surface area contributed by atoms with E-state index in [1.807, 2.05) is 6.92 Å². The molecular formula is C10H16O4. The quantitative estimate of drug-likeness (QED) is 0.376. The van der Waals surface area contributed by atoms with E-state index in [0.717, 1.165) is 6.42 Å². The summed E-state index contributed by atoms with van der Waals surface area (Å²) in [6, 6.07) is 0. The number of carbonyl (C=O) groups excluding carboxylic acids is 2. The van der Waals surface area contributed by atoms with Crippen LogP contribution in [0.3, 0.4) is 0 Å². The zero-order valence-electron chi connectivity index (χ0n) is 8.45. The molecule has 0 spiro atoms. The Morgan fingerprint density at radius 1 is 1.50 bits per heavy atom. The van der Waals surface area contributed by atoms with Crippen LogP contribution in [0.25, 0.3) is 0 Å². The van der Waals surface area contributed by atoms with Gasteiger partial charge in [0, 0.05) is 13.0 Å². The Balaban J connectivity index is 2.18. The number of hydrogen-bond acceptors (Lipinski definition) is 4. The van der Waals surface area contributed by atoms with Gasteiger partial charge in [-0.15, -0.1) is 0 Å². The second kappa shape index (κ2) is 5.75. The van der Waals surface area contributed by atoms with Crippen LogP contribution in [0, 0.1) is 5.92 Å². The second-order valence-corrected chi connectivity index (χ2v) is 3.28. The molecule has 0 aromatic heterocycles. The summed E-state index contributed by atoms with van der Waals surface area (Å²) in [4.78, 5) is 22.5. The van der Waals surface area contributed by atoms with Crippen molar-refractivity contribution in [3.05, 3.63) is 0 Å². The first kappa shape index (κ1) is 11.2. The van der Waals surface area contributed by atoms with E-state index in [1.54, 1.807) is 0 Å². The van der Waals surface area contributed by atoms with Crippen molar-refractivity contribution >= 4 is 11.8 Å². The zero-order chi connectivity index (χ0) is 10.4. The van der Waals surface area contributed by atoms with Gasteiger partial charge in [0.05, 0.1) is 6.61 Å². The van der Waals surface area contributed by atoms with Gasteiger partial charge < -0.3 is 9.47 Å². The van der Waals surface area contributed by atoms with Crippen LogP contribution in [-0.2, 0) is 19.1 Å². The van der Waals surface area contributed by atoms with Crippen LogP contribution in [0.15, 0.2) is 0 Å². The summed E-state index contributed by atoms with van der Waals surface area (Å²) in [5.74, 6) is -0.866. The van der Waals surface area contributed by atoms with Gasteiger partial charge in [-0.25, -0.2) is 0 Å². The van der Waals surface area contributed by atoms with Gasteiger partial charge >= 0.3 is 5.97 Å². The second-order valence-electron chi connectivity index (χ2n) is 3.28. The maximum Gasteiger partial charge on any atom is 0.316 e. The fourth-order valence-electron chi connectivity index (χ4n) is 1.51. The van der Waals surface area contributed by atoms with Gasteiger partial charge in [-0.2, -0.15) is 0 Å². The van der Waals surface area contributed by atoms with Crippen molar-refractivity contribution in [3.8, 4) is 0 Å². The Bertz CT molecular complexity index is 212. The average Bonchev–Trinajstić information content (AvgIpc) is 2.59. The van der Waals surface area contributed by atoms with Crippen LogP contribution < -0.4 is 0 Å². The minimum atomic E-state index is -0.503. The molecule has 4 nitrogen and oxygen atoms in total. The summed E-state index contributed by atoms with van der Waals surface area (Å²) in [7, 11) is 0. The number of ether oxygens (including phenoxy) is 2. The van der Waals surface area contributed by atoms with Gasteiger partial charge in [0.25, 0.3) is 0 Å². The Morgan fingerprint density at radius 3 is 2.86 bits per heavy atom. The molecule has 0 aliphatic heterocycles. The summed E-state index contributed by atoms with van der Waals surface area (Å²) in [5, 5.41) is 0. The summed E-state index contributed by atoms with van der Waals surface area (Å²) in [6.07, 6.45) is 1.97. The predicted molar refractivity (Wildman–Crippen MR) is 49.8 cm³/mol. The van der Waals surface area contributed by atoms with Crippen molar-refractivity contribution in [1.82, 2.24) is 0 Å². The van der Waals surface area contributed by atoms with Crippen molar-refractivity contribution in [1.29, 1.82) is 0 Å². The highest BCUT2D eigenvalue weighted by Gasteiger charge is 2.31. The molecule has 0 saturated heterocycles. The van der Waals surface area contributed by atoms with E-state index in [-0.39, 0.29) is 18.4 Å². The van der Waals surface area contributed by atoms with Gasteiger partial charge in [0.2, 0.25) is 0 Å². The topological polar surface area (TPSA) is 52.6 Å². The van der Waals surface area contributed by atoms with Gasteiger partial charge in [-0.05, 0) is 19.8 Å². The van der Waals surface area contributed by atoms with Crippen LogP contribution in [0.4, 0.5) is 0 Å². The highest BCUT2D eigenvalue weighted by molar-refractivity contribution is 6.00. The average molecular weight is 200 g/mol. The SMILES string of the molecule is CCOCCOC(=O)C1CCCC1=O. The van der Waals surface area contributed by atoms with Crippen molar-refractivity contribution in [2.75, 3.05) is 19.8 Å². The lowest BCUT2D eigenvalue weighted by atomic mass is 10.1. The molecule has 1 rings (SSSR count). The maximum atomic E-state index is 11.3. The number of esters is 1. The number of Topliss-reactive ketones (excluding diaryl/α,β-unsaturated/α-hetero) is 1. The van der Waals surface area contributed by atoms with Crippen LogP contribution in [0.5, 0.6) is 0 Å². The van der Waals surface area contributed by atoms with Crippen LogP contribution in [-0.4, -0.2) is 31.6 Å². The monoisotopic (exact) mass is 200 g/mol. The lowest BCUT2D eigenvalue weighted by Gasteiger charge is -2.08. The molecule has 0 heterocycles. The molecule has 0 aromatic rings. The summed E-state index contributed by atoms with van der Waals surface area (Å²) >= 11 is 0. The first-order chi connectivity index (χ1) is 6.75. The molecular weight excluding hydrogens is 184 g/mol. The van der Waals surface area contributed by atoms with Crippen LogP contribution in [0.2, 0.25) is 0 Å². The Kier molecular flexibility index (Phi) is 4.59.